The Hall–Kier alpha value is -3.40. The van der Waals surface area contributed by atoms with E-state index in [1.807, 2.05) is 76.3 Å². The number of allylic oxidation sites excluding steroid dienone is 22. The Kier molecular flexibility index (Phi) is 19.1. The average Bonchev–Trinajstić information content (AvgIpc) is 3.06. The van der Waals surface area contributed by atoms with Crippen LogP contribution in [-0.4, -0.2) is 74.6 Å². The molecule has 0 amide bonds. The lowest BCUT2D eigenvalue weighted by atomic mass is 9.71. The number of rotatable bonds is 16. The molecule has 1 aliphatic carbocycles. The molecule has 292 valence electrons. The topological polar surface area (TPSA) is 120 Å². The summed E-state index contributed by atoms with van der Waals surface area (Å²) in [6.07, 6.45) is 30.5. The molecule has 1 fully saturated rings. The van der Waals surface area contributed by atoms with Crippen LogP contribution in [0.5, 0.6) is 0 Å². The van der Waals surface area contributed by atoms with Crippen LogP contribution in [-0.2, 0) is 9.47 Å². The molecule has 0 bridgehead atoms. The first kappa shape index (κ1) is 45.8. The van der Waals surface area contributed by atoms with Gasteiger partial charge in [0.1, 0.15) is 24.4 Å². The highest BCUT2D eigenvalue weighted by atomic mass is 16.7. The van der Waals surface area contributed by atoms with Crippen LogP contribution in [0.25, 0.3) is 0 Å². The maximum Gasteiger partial charge on any atom is 0.187 e. The lowest BCUT2D eigenvalue weighted by molar-refractivity contribution is -0.322. The van der Waals surface area contributed by atoms with Gasteiger partial charge in [0, 0.05) is 0 Å². The molecular weight excluding hydrogens is 664 g/mol. The van der Waals surface area contributed by atoms with Gasteiger partial charge in [-0.05, 0) is 85.6 Å². The molecule has 2 rings (SSSR count). The molecular formula is C46H66O7. The Balaban J connectivity index is 1.82. The summed E-state index contributed by atoms with van der Waals surface area (Å²) in [7, 11) is 0. The van der Waals surface area contributed by atoms with Gasteiger partial charge < -0.3 is 35.0 Å². The second-order valence-corrected chi connectivity index (χ2v) is 15.7. The molecule has 2 aliphatic rings. The number of hydrogen-bond donors (Lipinski definition) is 5. The molecule has 6 atom stereocenters. The Morgan fingerprint density at radius 1 is 0.717 bits per heavy atom. The zero-order valence-electron chi connectivity index (χ0n) is 33.7. The normalized spacial score (nSPS) is 27.7. The fourth-order valence-corrected chi connectivity index (χ4v) is 6.20. The van der Waals surface area contributed by atoms with E-state index < -0.39 is 42.9 Å². The van der Waals surface area contributed by atoms with Gasteiger partial charge in [0.05, 0.1) is 18.3 Å². The molecule has 7 nitrogen and oxygen atoms in total. The third kappa shape index (κ3) is 16.7. The average molecular weight is 731 g/mol. The number of aliphatic hydroxyl groups is 5. The predicted molar refractivity (Wildman–Crippen MR) is 219 cm³/mol. The van der Waals surface area contributed by atoms with Crippen molar-refractivity contribution < 1.29 is 35.0 Å². The van der Waals surface area contributed by atoms with Gasteiger partial charge in [0.15, 0.2) is 6.29 Å². The van der Waals surface area contributed by atoms with Crippen molar-refractivity contribution in [1.82, 2.24) is 0 Å². The molecule has 0 saturated carbocycles. The summed E-state index contributed by atoms with van der Waals surface area (Å²) >= 11 is 0. The molecule has 0 aromatic rings. The third-order valence-electron chi connectivity index (χ3n) is 9.25. The van der Waals surface area contributed by atoms with Crippen LogP contribution in [0, 0.1) is 5.41 Å². The van der Waals surface area contributed by atoms with E-state index in [1.54, 1.807) is 0 Å². The monoisotopic (exact) mass is 730 g/mol. The van der Waals surface area contributed by atoms with Crippen molar-refractivity contribution in [3.8, 4) is 0 Å². The summed E-state index contributed by atoms with van der Waals surface area (Å²) in [5.41, 5.74) is 7.50. The quantitative estimate of drug-likeness (QED) is 0.101. The Morgan fingerprint density at radius 3 is 1.68 bits per heavy atom. The predicted octanol–water partition coefficient (Wildman–Crippen LogP) is 8.54. The van der Waals surface area contributed by atoms with Crippen LogP contribution in [0.1, 0.15) is 88.5 Å². The summed E-state index contributed by atoms with van der Waals surface area (Å²) in [6.45, 7) is 20.0. The largest absolute Gasteiger partial charge is 0.394 e. The van der Waals surface area contributed by atoms with E-state index >= 15 is 0 Å². The van der Waals surface area contributed by atoms with E-state index in [0.717, 1.165) is 35.1 Å². The summed E-state index contributed by atoms with van der Waals surface area (Å²) in [5.74, 6) is 0. The van der Waals surface area contributed by atoms with Gasteiger partial charge in [-0.3, -0.25) is 0 Å². The number of hydrogen-bond acceptors (Lipinski definition) is 7. The van der Waals surface area contributed by atoms with E-state index in [9.17, 15) is 25.5 Å². The second-order valence-electron chi connectivity index (χ2n) is 15.7. The molecule has 0 aromatic carbocycles. The summed E-state index contributed by atoms with van der Waals surface area (Å²) in [6, 6.07) is 0. The van der Waals surface area contributed by atoms with Gasteiger partial charge in [0.2, 0.25) is 0 Å². The van der Waals surface area contributed by atoms with Crippen LogP contribution in [0.3, 0.4) is 0 Å². The second kappa shape index (κ2) is 22.1. The van der Waals surface area contributed by atoms with Gasteiger partial charge in [-0.25, -0.2) is 0 Å². The minimum absolute atomic E-state index is 0.0149. The van der Waals surface area contributed by atoms with Crippen LogP contribution >= 0.6 is 0 Å². The van der Waals surface area contributed by atoms with Crippen molar-refractivity contribution in [1.29, 1.82) is 0 Å². The first-order valence-electron chi connectivity index (χ1n) is 18.6. The van der Waals surface area contributed by atoms with E-state index in [4.69, 9.17) is 9.47 Å². The molecule has 5 N–H and O–H groups in total. The van der Waals surface area contributed by atoms with Gasteiger partial charge >= 0.3 is 0 Å². The fraction of sp³-hybridized carbons (Fsp3) is 0.478. The van der Waals surface area contributed by atoms with Crippen LogP contribution in [0.2, 0.25) is 0 Å². The van der Waals surface area contributed by atoms with Crippen molar-refractivity contribution in [2.24, 2.45) is 5.41 Å². The summed E-state index contributed by atoms with van der Waals surface area (Å²) < 4.78 is 11.4. The third-order valence-corrected chi connectivity index (χ3v) is 9.25. The Bertz CT molecular complexity index is 1570. The van der Waals surface area contributed by atoms with Gasteiger partial charge in [-0.2, -0.15) is 0 Å². The van der Waals surface area contributed by atoms with Crippen molar-refractivity contribution in [3.63, 3.8) is 0 Å². The highest BCUT2D eigenvalue weighted by molar-refractivity contribution is 5.38. The zero-order valence-corrected chi connectivity index (χ0v) is 33.7. The van der Waals surface area contributed by atoms with Crippen molar-refractivity contribution in [2.75, 3.05) is 6.61 Å². The van der Waals surface area contributed by atoms with Gasteiger partial charge in [-0.1, -0.05) is 151 Å². The standard InChI is InChI=1S/C46H66O7/c1-32(17-11-12-18-33(2)20-15-24-36(5)26-27-39-37(6)29-38(48)30-45(39,7)8)19-13-21-34(3)22-14-23-35(4)25-16-28-46(9,10)53-44-43(51)42(50)41(49)40(31-47)52-44/h11-27,38,40-44,47-51H,28-31H2,1-10H3. The molecule has 1 saturated heterocycles. The Morgan fingerprint density at radius 2 is 1.19 bits per heavy atom. The number of aliphatic hydroxyl groups excluding tert-OH is 5. The van der Waals surface area contributed by atoms with Crippen molar-refractivity contribution >= 4 is 0 Å². The lowest BCUT2D eigenvalue weighted by Crippen LogP contribution is -2.60. The molecule has 0 radical (unpaired) electrons. The molecule has 7 heteroatoms. The molecule has 6 unspecified atom stereocenters. The Labute approximate surface area is 319 Å². The van der Waals surface area contributed by atoms with Gasteiger partial charge in [0.25, 0.3) is 0 Å². The molecule has 53 heavy (non-hydrogen) atoms. The lowest BCUT2D eigenvalue weighted by Gasteiger charge is -2.42. The maximum absolute atomic E-state index is 10.3. The van der Waals surface area contributed by atoms with Crippen LogP contribution in [0.15, 0.2) is 142 Å². The molecule has 1 aliphatic heterocycles. The highest BCUT2D eigenvalue weighted by Crippen LogP contribution is 2.41. The smallest absolute Gasteiger partial charge is 0.187 e. The first-order valence-corrected chi connectivity index (χ1v) is 18.6. The minimum Gasteiger partial charge on any atom is -0.394 e. The SMILES string of the molecule is CC(C=CC=C(C)C=CC=C(C)C=CCC(C)(C)OC1OC(CO)C(O)C(O)C1O)=CC=CC=C(C)C=CC=C(C)C=CC1=C(C)CC(O)CC1(C)C. The van der Waals surface area contributed by atoms with Crippen LogP contribution in [0.4, 0.5) is 0 Å². The van der Waals surface area contributed by atoms with Crippen LogP contribution < -0.4 is 0 Å². The summed E-state index contributed by atoms with van der Waals surface area (Å²) in [5, 5.41) is 49.8. The first-order chi connectivity index (χ1) is 24.8. The summed E-state index contributed by atoms with van der Waals surface area (Å²) in [4.78, 5) is 0. The zero-order chi connectivity index (χ0) is 39.8. The van der Waals surface area contributed by atoms with Crippen molar-refractivity contribution in [2.45, 2.75) is 131 Å². The highest BCUT2D eigenvalue weighted by Gasteiger charge is 2.45. The molecule has 1 heterocycles. The van der Waals surface area contributed by atoms with E-state index in [2.05, 4.69) is 96.2 Å². The van der Waals surface area contributed by atoms with E-state index in [0.29, 0.717) is 6.42 Å². The van der Waals surface area contributed by atoms with E-state index in [1.165, 1.54) is 16.7 Å². The molecule has 0 spiro atoms. The van der Waals surface area contributed by atoms with E-state index in [-0.39, 0.29) is 11.5 Å². The minimum atomic E-state index is -1.47. The number of ether oxygens (including phenoxy) is 2. The van der Waals surface area contributed by atoms with Crippen molar-refractivity contribution in [3.05, 3.63) is 142 Å². The molecule has 0 aromatic heterocycles. The van der Waals surface area contributed by atoms with Gasteiger partial charge in [-0.15, -0.1) is 0 Å². The maximum atomic E-state index is 10.3. The fourth-order valence-electron chi connectivity index (χ4n) is 6.20.